The lowest BCUT2D eigenvalue weighted by Crippen LogP contribution is -2.28. The van der Waals surface area contributed by atoms with Crippen LogP contribution in [0.2, 0.25) is 0 Å². The maximum atomic E-state index is 13.2. The summed E-state index contributed by atoms with van der Waals surface area (Å²) in [7, 11) is 0. The van der Waals surface area contributed by atoms with Gasteiger partial charge in [0, 0.05) is 29.2 Å². The molecule has 2 heterocycles. The van der Waals surface area contributed by atoms with E-state index in [-0.39, 0.29) is 12.5 Å². The average Bonchev–Trinajstić information content (AvgIpc) is 3.02. The molecule has 0 saturated carbocycles. The number of fused-ring (bicyclic) bond motifs is 3. The van der Waals surface area contributed by atoms with Gasteiger partial charge in [-0.2, -0.15) is 0 Å². The van der Waals surface area contributed by atoms with Gasteiger partial charge in [0.1, 0.15) is 5.75 Å². The largest absolute Gasteiger partial charge is 0.494 e. The number of ether oxygens (including phenoxy) is 2. The first-order valence-corrected chi connectivity index (χ1v) is 10.1. The Morgan fingerprint density at radius 2 is 1.80 bits per heavy atom. The van der Waals surface area contributed by atoms with Crippen LogP contribution in [0, 0.1) is 0 Å². The molecule has 0 spiro atoms. The second kappa shape index (κ2) is 8.45. The maximum absolute atomic E-state index is 13.2. The minimum absolute atomic E-state index is 0.172. The van der Waals surface area contributed by atoms with E-state index in [1.165, 1.54) is 0 Å². The Bertz CT molecular complexity index is 1110. The van der Waals surface area contributed by atoms with Crippen LogP contribution in [-0.2, 0) is 16.0 Å². The molecule has 1 N–H and O–H groups in total. The molecule has 30 heavy (non-hydrogen) atoms. The van der Waals surface area contributed by atoms with Crippen molar-refractivity contribution in [1.82, 2.24) is 9.88 Å². The molecule has 1 aliphatic rings. The van der Waals surface area contributed by atoms with Crippen molar-refractivity contribution in [3.63, 3.8) is 0 Å². The number of hydrogen-bond donors (Lipinski definition) is 1. The highest BCUT2D eigenvalue weighted by atomic mass is 16.5. The van der Waals surface area contributed by atoms with Crippen LogP contribution in [0.1, 0.15) is 35.5 Å². The van der Waals surface area contributed by atoms with Crippen molar-refractivity contribution in [1.29, 1.82) is 0 Å². The monoisotopic (exact) mass is 404 g/mol. The molecule has 154 valence electrons. The first-order valence-electron chi connectivity index (χ1n) is 10.1. The molecule has 0 unspecified atom stereocenters. The number of esters is 1. The molecule has 0 radical (unpaired) electrons. The molecule has 1 aromatic heterocycles. The van der Waals surface area contributed by atoms with E-state index >= 15 is 0 Å². The van der Waals surface area contributed by atoms with Crippen molar-refractivity contribution in [3.05, 3.63) is 71.6 Å². The maximum Gasteiger partial charge on any atom is 0.341 e. The van der Waals surface area contributed by atoms with Gasteiger partial charge in [-0.1, -0.05) is 18.2 Å². The number of aromatic amines is 1. The molecule has 6 nitrogen and oxygen atoms in total. The summed E-state index contributed by atoms with van der Waals surface area (Å²) in [6.07, 6.45) is 2.24. The Kier molecular flexibility index (Phi) is 5.57. The minimum atomic E-state index is -0.448. The third-order valence-electron chi connectivity index (χ3n) is 5.14. The fourth-order valence-corrected chi connectivity index (χ4v) is 3.76. The number of H-pyrrole nitrogens is 1. The summed E-state index contributed by atoms with van der Waals surface area (Å²) in [5.74, 6) is 0.0973. The molecular weight excluding hydrogens is 380 g/mol. The minimum Gasteiger partial charge on any atom is -0.494 e. The summed E-state index contributed by atoms with van der Waals surface area (Å²) < 4.78 is 10.7. The lowest BCUT2D eigenvalue weighted by molar-refractivity contribution is -0.136. The lowest BCUT2D eigenvalue weighted by atomic mass is 10.0. The smallest absolute Gasteiger partial charge is 0.341 e. The fourth-order valence-electron chi connectivity index (χ4n) is 3.76. The predicted molar refractivity (Wildman–Crippen MR) is 115 cm³/mol. The Balaban J connectivity index is 1.72. The van der Waals surface area contributed by atoms with E-state index in [9.17, 15) is 9.59 Å². The number of nitrogens with one attached hydrogen (secondary N) is 1. The van der Waals surface area contributed by atoms with Crippen LogP contribution in [0.25, 0.3) is 16.5 Å². The van der Waals surface area contributed by atoms with Crippen molar-refractivity contribution in [3.8, 4) is 5.75 Å². The molecule has 3 aromatic rings. The Hall–Kier alpha value is -3.54. The number of carbonyl (C=O) groups is 2. The van der Waals surface area contributed by atoms with Crippen LogP contribution in [0.15, 0.2) is 54.7 Å². The van der Waals surface area contributed by atoms with Crippen LogP contribution >= 0.6 is 0 Å². The molecule has 0 atom stereocenters. The van der Waals surface area contributed by atoms with Crippen LogP contribution in [0.4, 0.5) is 0 Å². The summed E-state index contributed by atoms with van der Waals surface area (Å²) in [5.41, 5.74) is 3.60. The Morgan fingerprint density at radius 3 is 2.53 bits per heavy atom. The summed E-state index contributed by atoms with van der Waals surface area (Å²) >= 11 is 0. The first kappa shape index (κ1) is 19.8. The molecule has 0 fully saturated rings. The lowest BCUT2D eigenvalue weighted by Gasteiger charge is -2.18. The van der Waals surface area contributed by atoms with E-state index in [0.717, 1.165) is 22.2 Å². The van der Waals surface area contributed by atoms with Gasteiger partial charge in [-0.05, 0) is 56.2 Å². The summed E-state index contributed by atoms with van der Waals surface area (Å²) in [5, 5.41) is 1.05. The van der Waals surface area contributed by atoms with Crippen LogP contribution in [-0.4, -0.2) is 41.5 Å². The van der Waals surface area contributed by atoms with Gasteiger partial charge in [-0.3, -0.25) is 4.79 Å². The molecular formula is C24H24N2O4. The van der Waals surface area contributed by atoms with Crippen molar-refractivity contribution in [2.45, 2.75) is 20.3 Å². The van der Waals surface area contributed by atoms with Crippen molar-refractivity contribution in [2.24, 2.45) is 0 Å². The van der Waals surface area contributed by atoms with Gasteiger partial charge in [0.2, 0.25) is 0 Å². The zero-order valence-electron chi connectivity index (χ0n) is 17.1. The fraction of sp³-hybridized carbons (Fsp3) is 0.250. The number of amides is 1. The van der Waals surface area contributed by atoms with Gasteiger partial charge < -0.3 is 19.4 Å². The number of para-hydroxylation sites is 1. The highest BCUT2D eigenvalue weighted by Gasteiger charge is 2.27. The Labute approximate surface area is 175 Å². The van der Waals surface area contributed by atoms with Crippen LogP contribution in [0.3, 0.4) is 0 Å². The van der Waals surface area contributed by atoms with Gasteiger partial charge in [-0.25, -0.2) is 4.79 Å². The third kappa shape index (κ3) is 3.68. The molecule has 1 aliphatic heterocycles. The third-order valence-corrected chi connectivity index (χ3v) is 5.14. The summed E-state index contributed by atoms with van der Waals surface area (Å²) in [6, 6.07) is 15.0. The molecule has 0 bridgehead atoms. The van der Waals surface area contributed by atoms with Crippen molar-refractivity contribution < 1.29 is 19.1 Å². The quantitative estimate of drug-likeness (QED) is 0.648. The van der Waals surface area contributed by atoms with Gasteiger partial charge in [0.05, 0.1) is 24.5 Å². The van der Waals surface area contributed by atoms with Crippen molar-refractivity contribution >= 4 is 28.4 Å². The van der Waals surface area contributed by atoms with E-state index in [1.54, 1.807) is 42.3 Å². The van der Waals surface area contributed by atoms with E-state index in [2.05, 4.69) is 4.98 Å². The first-order chi connectivity index (χ1) is 14.6. The normalized spacial score (nSPS) is 13.4. The van der Waals surface area contributed by atoms with Crippen LogP contribution < -0.4 is 4.74 Å². The molecule has 1 amide bonds. The topological polar surface area (TPSA) is 71.6 Å². The van der Waals surface area contributed by atoms with E-state index in [0.29, 0.717) is 36.5 Å². The predicted octanol–water partition coefficient (Wildman–Crippen LogP) is 4.17. The SMILES string of the molecule is CCOC(=O)C1=CN(C(=O)c2ccc(OCC)cc2)CCc2c1[nH]c1ccccc21. The van der Waals surface area contributed by atoms with E-state index < -0.39 is 5.97 Å². The zero-order chi connectivity index (χ0) is 21.1. The molecule has 0 saturated heterocycles. The zero-order valence-corrected chi connectivity index (χ0v) is 17.1. The van der Waals surface area contributed by atoms with E-state index in [4.69, 9.17) is 9.47 Å². The molecule has 0 aliphatic carbocycles. The highest BCUT2D eigenvalue weighted by Crippen LogP contribution is 2.31. The van der Waals surface area contributed by atoms with Crippen LogP contribution in [0.5, 0.6) is 5.75 Å². The number of benzene rings is 2. The number of carbonyl (C=O) groups excluding carboxylic acids is 2. The second-order valence-electron chi connectivity index (χ2n) is 6.99. The average molecular weight is 404 g/mol. The number of hydrogen-bond acceptors (Lipinski definition) is 4. The Morgan fingerprint density at radius 1 is 1.03 bits per heavy atom. The number of nitrogens with zero attached hydrogens (tertiary/aromatic N) is 1. The summed E-state index contributed by atoms with van der Waals surface area (Å²) in [6.45, 7) is 4.97. The van der Waals surface area contributed by atoms with Gasteiger partial charge in [0.25, 0.3) is 5.91 Å². The van der Waals surface area contributed by atoms with Gasteiger partial charge in [0.15, 0.2) is 0 Å². The van der Waals surface area contributed by atoms with Crippen molar-refractivity contribution in [2.75, 3.05) is 19.8 Å². The summed E-state index contributed by atoms with van der Waals surface area (Å²) in [4.78, 5) is 30.8. The van der Waals surface area contributed by atoms with Gasteiger partial charge in [-0.15, -0.1) is 0 Å². The molecule has 2 aromatic carbocycles. The van der Waals surface area contributed by atoms with E-state index in [1.807, 2.05) is 31.2 Å². The molecule has 4 rings (SSSR count). The molecule has 6 heteroatoms. The van der Waals surface area contributed by atoms with Gasteiger partial charge >= 0.3 is 5.97 Å². The highest BCUT2D eigenvalue weighted by molar-refractivity contribution is 6.18. The number of rotatable bonds is 5. The standard InChI is InChI=1S/C24H24N2O4/c1-3-29-17-11-9-16(10-12-17)23(27)26-14-13-19-18-7-5-6-8-21(18)25-22(19)20(15-26)24(28)30-4-2/h5-12,15,25H,3-4,13-14H2,1-2H3. The second-order valence-corrected chi connectivity index (χ2v) is 6.99. The number of aromatic nitrogens is 1.